The van der Waals surface area contributed by atoms with Gasteiger partial charge in [0.1, 0.15) is 11.8 Å². The minimum Gasteiger partial charge on any atom is -0.508 e. The molecule has 0 saturated carbocycles. The Bertz CT molecular complexity index is 1090. The summed E-state index contributed by atoms with van der Waals surface area (Å²) in [7, 11) is 0. The molecule has 0 radical (unpaired) electrons. The summed E-state index contributed by atoms with van der Waals surface area (Å²) >= 11 is 1.44. The van der Waals surface area contributed by atoms with Crippen molar-refractivity contribution in [3.63, 3.8) is 0 Å². The first kappa shape index (κ1) is 27.5. The monoisotopic (exact) mass is 513 g/mol. The van der Waals surface area contributed by atoms with E-state index >= 15 is 0 Å². The van der Waals surface area contributed by atoms with Gasteiger partial charge in [0.15, 0.2) is 6.10 Å². The van der Waals surface area contributed by atoms with Crippen LogP contribution >= 0.6 is 11.8 Å². The van der Waals surface area contributed by atoms with Gasteiger partial charge in [0.25, 0.3) is 11.8 Å². The summed E-state index contributed by atoms with van der Waals surface area (Å²) in [4.78, 5) is 40.9. The third-order valence-corrected chi connectivity index (χ3v) is 6.98. The maximum atomic E-state index is 13.4. The van der Waals surface area contributed by atoms with Gasteiger partial charge in [-0.25, -0.2) is 0 Å². The maximum Gasteiger partial charge on any atom is 0.254 e. The third-order valence-electron chi connectivity index (χ3n) is 5.96. The fourth-order valence-electron chi connectivity index (χ4n) is 4.19. The number of hydrogen-bond donors (Lipinski definition) is 4. The molecule has 0 aliphatic carbocycles. The van der Waals surface area contributed by atoms with E-state index < -0.39 is 35.5 Å². The van der Waals surface area contributed by atoms with E-state index in [-0.39, 0.29) is 29.5 Å². The fraction of sp³-hybridized carbons (Fsp3) is 0.444. The molecular formula is C27H35N3O5S. The van der Waals surface area contributed by atoms with Crippen molar-refractivity contribution >= 4 is 29.5 Å². The first-order valence-electron chi connectivity index (χ1n) is 12.1. The number of nitrogens with zero attached hydrogens (tertiary/aromatic N) is 1. The third kappa shape index (κ3) is 6.79. The van der Waals surface area contributed by atoms with Gasteiger partial charge in [-0.2, -0.15) is 0 Å². The lowest BCUT2D eigenvalue weighted by Crippen LogP contribution is -2.57. The molecule has 0 spiro atoms. The Morgan fingerprint density at radius 1 is 1.11 bits per heavy atom. The van der Waals surface area contributed by atoms with Crippen molar-refractivity contribution in [2.45, 2.75) is 64.3 Å². The van der Waals surface area contributed by atoms with Crippen molar-refractivity contribution in [1.82, 2.24) is 15.5 Å². The normalized spacial score (nSPS) is 17.4. The van der Waals surface area contributed by atoms with Gasteiger partial charge in [-0.1, -0.05) is 43.3 Å². The SMILES string of the molecule is CCc1c(O)cccc1C(=O)N[C@@H](Cc1ccccc1)[C@H](O)C(=O)N1CSCC1C(=O)NC(C)(C)C. The van der Waals surface area contributed by atoms with Crippen LogP contribution in [-0.4, -0.2) is 68.2 Å². The molecule has 4 N–H and O–H groups in total. The van der Waals surface area contributed by atoms with E-state index in [0.717, 1.165) is 5.56 Å². The zero-order valence-electron chi connectivity index (χ0n) is 21.2. The Labute approximate surface area is 216 Å². The summed E-state index contributed by atoms with van der Waals surface area (Å²) in [6.45, 7) is 7.43. The van der Waals surface area contributed by atoms with E-state index in [1.165, 1.54) is 22.7 Å². The van der Waals surface area contributed by atoms with Crippen LogP contribution in [0.2, 0.25) is 0 Å². The summed E-state index contributed by atoms with van der Waals surface area (Å²) in [5.74, 6) is -0.655. The number of aliphatic hydroxyl groups excluding tert-OH is 1. The topological polar surface area (TPSA) is 119 Å². The summed E-state index contributed by atoms with van der Waals surface area (Å²) in [6.07, 6.45) is -0.921. The summed E-state index contributed by atoms with van der Waals surface area (Å²) in [5.41, 5.74) is 1.15. The molecule has 3 amide bonds. The van der Waals surface area contributed by atoms with E-state index in [9.17, 15) is 24.6 Å². The molecule has 1 unspecified atom stereocenters. The van der Waals surface area contributed by atoms with Gasteiger partial charge in [-0.3, -0.25) is 14.4 Å². The summed E-state index contributed by atoms with van der Waals surface area (Å²) < 4.78 is 0. The molecule has 1 saturated heterocycles. The minimum atomic E-state index is -1.57. The summed E-state index contributed by atoms with van der Waals surface area (Å²) in [6, 6.07) is 12.3. The molecule has 2 aromatic carbocycles. The Morgan fingerprint density at radius 2 is 1.81 bits per heavy atom. The second-order valence-corrected chi connectivity index (χ2v) is 10.9. The van der Waals surface area contributed by atoms with Gasteiger partial charge < -0.3 is 25.7 Å². The highest BCUT2D eigenvalue weighted by atomic mass is 32.2. The van der Waals surface area contributed by atoms with Gasteiger partial charge in [0, 0.05) is 22.4 Å². The molecule has 0 bridgehead atoms. The van der Waals surface area contributed by atoms with Gasteiger partial charge in [-0.15, -0.1) is 11.8 Å². The van der Waals surface area contributed by atoms with Crippen molar-refractivity contribution in [2.24, 2.45) is 0 Å². The molecule has 36 heavy (non-hydrogen) atoms. The van der Waals surface area contributed by atoms with Crippen LogP contribution in [0.15, 0.2) is 48.5 Å². The molecule has 1 aliphatic rings. The first-order valence-corrected chi connectivity index (χ1v) is 13.2. The van der Waals surface area contributed by atoms with Crippen molar-refractivity contribution in [3.05, 3.63) is 65.2 Å². The molecular weight excluding hydrogens is 478 g/mol. The second-order valence-electron chi connectivity index (χ2n) is 9.93. The number of phenols is 1. The molecule has 194 valence electrons. The molecule has 2 aromatic rings. The molecule has 1 aliphatic heterocycles. The van der Waals surface area contributed by atoms with E-state index in [1.54, 1.807) is 12.1 Å². The Balaban J connectivity index is 1.85. The van der Waals surface area contributed by atoms with Gasteiger partial charge >= 0.3 is 0 Å². The molecule has 1 fully saturated rings. The largest absolute Gasteiger partial charge is 0.508 e. The fourth-order valence-corrected chi connectivity index (χ4v) is 5.35. The highest BCUT2D eigenvalue weighted by molar-refractivity contribution is 7.99. The number of amides is 3. The van der Waals surface area contributed by atoms with Crippen LogP contribution in [0.5, 0.6) is 5.75 Å². The van der Waals surface area contributed by atoms with Crippen molar-refractivity contribution in [3.8, 4) is 5.75 Å². The molecule has 3 rings (SSSR count). The number of rotatable bonds is 8. The lowest BCUT2D eigenvalue weighted by atomic mass is 9.98. The van der Waals surface area contributed by atoms with Gasteiger partial charge in [0.05, 0.1) is 11.9 Å². The van der Waals surface area contributed by atoms with Crippen LogP contribution in [-0.2, 0) is 22.4 Å². The zero-order chi connectivity index (χ0) is 26.5. The number of aliphatic hydroxyl groups is 1. The van der Waals surface area contributed by atoms with Crippen LogP contribution < -0.4 is 10.6 Å². The smallest absolute Gasteiger partial charge is 0.254 e. The number of thioether (sulfide) groups is 1. The standard InChI is InChI=1S/C27H35N3O5S/c1-5-18-19(12-9-13-22(18)31)24(33)28-20(14-17-10-7-6-8-11-17)23(32)26(35)30-16-36-15-21(30)25(34)29-27(2,3)4/h6-13,20-21,23,31-32H,5,14-16H2,1-4H3,(H,28,33)(H,29,34)/t20-,21?,23-/m0/s1. The summed E-state index contributed by atoms with van der Waals surface area (Å²) in [5, 5.41) is 27.1. The van der Waals surface area contributed by atoms with E-state index in [4.69, 9.17) is 0 Å². The Morgan fingerprint density at radius 3 is 2.44 bits per heavy atom. The van der Waals surface area contributed by atoms with E-state index in [0.29, 0.717) is 17.7 Å². The van der Waals surface area contributed by atoms with Crippen LogP contribution in [0, 0.1) is 0 Å². The van der Waals surface area contributed by atoms with E-state index in [2.05, 4.69) is 10.6 Å². The molecule has 1 heterocycles. The zero-order valence-corrected chi connectivity index (χ0v) is 22.0. The van der Waals surface area contributed by atoms with Crippen molar-refractivity contribution in [1.29, 1.82) is 0 Å². The van der Waals surface area contributed by atoms with Crippen molar-refractivity contribution in [2.75, 3.05) is 11.6 Å². The molecule has 8 nitrogen and oxygen atoms in total. The van der Waals surface area contributed by atoms with Crippen LogP contribution in [0.25, 0.3) is 0 Å². The molecule has 9 heteroatoms. The second kappa shape index (κ2) is 11.8. The number of benzene rings is 2. The van der Waals surface area contributed by atoms with Gasteiger partial charge in [-0.05, 0) is 51.3 Å². The number of carbonyl (C=O) groups is 3. The van der Waals surface area contributed by atoms with Crippen LogP contribution in [0.4, 0.5) is 0 Å². The quantitative estimate of drug-likeness (QED) is 0.431. The predicted molar refractivity (Wildman–Crippen MR) is 141 cm³/mol. The van der Waals surface area contributed by atoms with Gasteiger partial charge in [0.2, 0.25) is 5.91 Å². The number of aromatic hydroxyl groups is 1. The molecule has 0 aromatic heterocycles. The maximum absolute atomic E-state index is 13.4. The highest BCUT2D eigenvalue weighted by Crippen LogP contribution is 2.25. The Hall–Kier alpha value is -3.04. The van der Waals surface area contributed by atoms with Crippen LogP contribution in [0.1, 0.15) is 49.2 Å². The highest BCUT2D eigenvalue weighted by Gasteiger charge is 2.40. The lowest BCUT2D eigenvalue weighted by molar-refractivity contribution is -0.146. The minimum absolute atomic E-state index is 0.0168. The predicted octanol–water partition coefficient (Wildman–Crippen LogP) is 2.47. The Kier molecular flexibility index (Phi) is 9.03. The number of carbonyl (C=O) groups excluding carboxylic acids is 3. The van der Waals surface area contributed by atoms with Crippen molar-refractivity contribution < 1.29 is 24.6 Å². The lowest BCUT2D eigenvalue weighted by Gasteiger charge is -2.31. The average molecular weight is 514 g/mol. The first-order chi connectivity index (χ1) is 17.0. The van der Waals surface area contributed by atoms with E-state index in [1.807, 2.05) is 58.0 Å². The van der Waals surface area contributed by atoms with Crippen LogP contribution in [0.3, 0.4) is 0 Å². The number of phenolic OH excluding ortho intramolecular Hbond substituents is 1. The average Bonchev–Trinajstić information content (AvgIpc) is 3.32. The number of hydrogen-bond acceptors (Lipinski definition) is 6. The molecule has 3 atom stereocenters. The number of nitrogens with one attached hydrogen (secondary N) is 2.